The van der Waals surface area contributed by atoms with Gasteiger partial charge >= 0.3 is 0 Å². The van der Waals surface area contributed by atoms with Crippen LogP contribution in [0.1, 0.15) is 10.4 Å². The number of anilines is 2. The number of aliphatic hydroxyl groups is 2. The van der Waals surface area contributed by atoms with Crippen molar-refractivity contribution in [2.45, 2.75) is 6.04 Å². The Bertz CT molecular complexity index is 988. The maximum absolute atomic E-state index is 14.0. The van der Waals surface area contributed by atoms with E-state index in [0.29, 0.717) is 22.5 Å². The lowest BCUT2D eigenvalue weighted by Crippen LogP contribution is -2.27. The number of hydrogen-bond donors (Lipinski definition) is 5. The largest absolute Gasteiger partial charge is 0.399 e. The van der Waals surface area contributed by atoms with Gasteiger partial charge in [-0.3, -0.25) is 4.79 Å². The lowest BCUT2D eigenvalue weighted by atomic mass is 10.0. The summed E-state index contributed by atoms with van der Waals surface area (Å²) in [5.41, 5.74) is 13.5. The Morgan fingerprint density at radius 3 is 2.41 bits per heavy atom. The molecule has 7 nitrogen and oxygen atoms in total. The van der Waals surface area contributed by atoms with Gasteiger partial charge in [-0.2, -0.15) is 0 Å². The second kappa shape index (κ2) is 7.56. The van der Waals surface area contributed by atoms with Crippen molar-refractivity contribution in [3.05, 3.63) is 53.8 Å². The minimum absolute atomic E-state index is 0.0603. The molecule has 0 radical (unpaired) electrons. The third-order valence-corrected chi connectivity index (χ3v) is 4.15. The Morgan fingerprint density at radius 1 is 1.15 bits per heavy atom. The SMILES string of the molecule is NC(=O)c1cc(F)cc2c(NC(CO)CO)cc(-c3ccc(N)cc3)nc12. The number of halogens is 1. The average Bonchev–Trinajstić information content (AvgIpc) is 2.65. The standard InChI is InChI=1S/C19H19FN4O3/c20-11-5-14-17(23-13(8-25)9-26)7-16(10-1-3-12(21)4-2-10)24-18(14)15(6-11)19(22)27/h1-7,13,25-26H,8-9,21H2,(H2,22,27)(H,23,24). The van der Waals surface area contributed by atoms with E-state index in [1.165, 1.54) is 6.07 Å². The molecule has 7 N–H and O–H groups in total. The third-order valence-electron chi connectivity index (χ3n) is 4.15. The number of hydrogen-bond acceptors (Lipinski definition) is 6. The molecule has 140 valence electrons. The molecule has 3 aromatic rings. The number of nitrogens with zero attached hydrogens (tertiary/aromatic N) is 1. The summed E-state index contributed by atoms with van der Waals surface area (Å²) >= 11 is 0. The summed E-state index contributed by atoms with van der Waals surface area (Å²) in [5, 5.41) is 22.0. The normalized spacial score (nSPS) is 11.1. The van der Waals surface area contributed by atoms with Crippen molar-refractivity contribution in [2.75, 3.05) is 24.3 Å². The predicted molar refractivity (Wildman–Crippen MR) is 102 cm³/mol. The summed E-state index contributed by atoms with van der Waals surface area (Å²) in [6.07, 6.45) is 0. The zero-order valence-electron chi connectivity index (χ0n) is 14.3. The highest BCUT2D eigenvalue weighted by molar-refractivity contribution is 6.08. The molecular weight excluding hydrogens is 351 g/mol. The lowest BCUT2D eigenvalue weighted by Gasteiger charge is -2.18. The van der Waals surface area contributed by atoms with Crippen LogP contribution < -0.4 is 16.8 Å². The molecule has 0 atom stereocenters. The van der Waals surface area contributed by atoms with Crippen molar-refractivity contribution in [1.82, 2.24) is 4.98 Å². The zero-order valence-corrected chi connectivity index (χ0v) is 14.3. The van der Waals surface area contributed by atoms with Gasteiger partial charge in [0, 0.05) is 22.3 Å². The first kappa shape index (κ1) is 18.6. The van der Waals surface area contributed by atoms with Crippen LogP contribution in [0.3, 0.4) is 0 Å². The predicted octanol–water partition coefficient (Wildman–Crippen LogP) is 1.49. The molecule has 0 saturated carbocycles. The van der Waals surface area contributed by atoms with E-state index in [9.17, 15) is 19.4 Å². The lowest BCUT2D eigenvalue weighted by molar-refractivity contribution is 0.100. The van der Waals surface area contributed by atoms with Crippen LogP contribution in [0.4, 0.5) is 15.8 Å². The van der Waals surface area contributed by atoms with Gasteiger partial charge in [-0.25, -0.2) is 9.37 Å². The molecule has 1 aromatic heterocycles. The van der Waals surface area contributed by atoms with Crippen molar-refractivity contribution < 1.29 is 19.4 Å². The first-order valence-electron chi connectivity index (χ1n) is 8.21. The summed E-state index contributed by atoms with van der Waals surface area (Å²) in [7, 11) is 0. The molecule has 3 rings (SSSR count). The Morgan fingerprint density at radius 2 is 1.81 bits per heavy atom. The van der Waals surface area contributed by atoms with Crippen LogP contribution in [0.25, 0.3) is 22.2 Å². The molecule has 1 amide bonds. The van der Waals surface area contributed by atoms with Crippen LogP contribution >= 0.6 is 0 Å². The van der Waals surface area contributed by atoms with Crippen LogP contribution in [0.15, 0.2) is 42.5 Å². The number of pyridine rings is 1. The Hall–Kier alpha value is -3.23. The molecule has 8 heteroatoms. The van der Waals surface area contributed by atoms with Gasteiger partial charge in [0.2, 0.25) is 0 Å². The number of primary amides is 1. The van der Waals surface area contributed by atoms with E-state index in [-0.39, 0.29) is 24.3 Å². The van der Waals surface area contributed by atoms with E-state index in [0.717, 1.165) is 11.6 Å². The van der Waals surface area contributed by atoms with Gasteiger partial charge in [0.05, 0.1) is 36.0 Å². The van der Waals surface area contributed by atoms with E-state index < -0.39 is 17.8 Å². The number of aliphatic hydroxyl groups excluding tert-OH is 2. The van der Waals surface area contributed by atoms with E-state index in [4.69, 9.17) is 11.5 Å². The van der Waals surface area contributed by atoms with Gasteiger partial charge in [-0.15, -0.1) is 0 Å². The van der Waals surface area contributed by atoms with Crippen molar-refractivity contribution in [3.8, 4) is 11.3 Å². The van der Waals surface area contributed by atoms with Crippen LogP contribution in [0, 0.1) is 5.82 Å². The Kier molecular flexibility index (Phi) is 5.20. The molecule has 0 saturated heterocycles. The van der Waals surface area contributed by atoms with Crippen molar-refractivity contribution in [3.63, 3.8) is 0 Å². The quantitative estimate of drug-likeness (QED) is 0.417. The van der Waals surface area contributed by atoms with Gasteiger partial charge in [-0.05, 0) is 30.3 Å². The van der Waals surface area contributed by atoms with E-state index in [2.05, 4.69) is 10.3 Å². The first-order valence-corrected chi connectivity index (χ1v) is 8.21. The first-order chi connectivity index (χ1) is 12.9. The van der Waals surface area contributed by atoms with Crippen LogP contribution in [-0.2, 0) is 0 Å². The number of benzene rings is 2. The highest BCUT2D eigenvalue weighted by Crippen LogP contribution is 2.31. The number of carbonyl (C=O) groups excluding carboxylic acids is 1. The number of aromatic nitrogens is 1. The van der Waals surface area contributed by atoms with Crippen molar-refractivity contribution in [2.24, 2.45) is 5.73 Å². The van der Waals surface area contributed by atoms with Crippen LogP contribution in [-0.4, -0.2) is 40.4 Å². The summed E-state index contributed by atoms with van der Waals surface area (Å²) < 4.78 is 14.0. The molecule has 0 bridgehead atoms. The van der Waals surface area contributed by atoms with Crippen LogP contribution in [0.2, 0.25) is 0 Å². The molecule has 0 aliphatic rings. The minimum atomic E-state index is -0.812. The van der Waals surface area contributed by atoms with Crippen LogP contribution in [0.5, 0.6) is 0 Å². The second-order valence-electron chi connectivity index (χ2n) is 6.10. The third kappa shape index (κ3) is 3.81. The smallest absolute Gasteiger partial charge is 0.251 e. The Labute approximate surface area is 154 Å². The number of amides is 1. The summed E-state index contributed by atoms with van der Waals surface area (Å²) in [6.45, 7) is -0.676. The second-order valence-corrected chi connectivity index (χ2v) is 6.10. The highest BCUT2D eigenvalue weighted by Gasteiger charge is 2.17. The molecule has 0 aliphatic heterocycles. The average molecular weight is 370 g/mol. The Balaban J connectivity index is 2.28. The molecule has 0 aliphatic carbocycles. The number of nitrogens with one attached hydrogen (secondary N) is 1. The molecule has 1 heterocycles. The number of carbonyl (C=O) groups is 1. The van der Waals surface area contributed by atoms with Gasteiger partial charge in [0.1, 0.15) is 5.82 Å². The fraction of sp³-hybridized carbons (Fsp3) is 0.158. The minimum Gasteiger partial charge on any atom is -0.399 e. The maximum Gasteiger partial charge on any atom is 0.251 e. The maximum atomic E-state index is 14.0. The van der Waals surface area contributed by atoms with Gasteiger partial charge in [0.25, 0.3) is 5.91 Å². The molecule has 2 aromatic carbocycles. The fourth-order valence-electron chi connectivity index (χ4n) is 2.77. The highest BCUT2D eigenvalue weighted by atomic mass is 19.1. The van der Waals surface area contributed by atoms with Gasteiger partial charge in [0.15, 0.2) is 0 Å². The molecule has 0 spiro atoms. The number of fused-ring (bicyclic) bond motifs is 1. The number of rotatable bonds is 6. The molecule has 0 fully saturated rings. The summed E-state index contributed by atoms with van der Waals surface area (Å²) in [6, 6.07) is 10.2. The van der Waals surface area contributed by atoms with Crippen molar-refractivity contribution in [1.29, 1.82) is 0 Å². The molecule has 0 unspecified atom stereocenters. The zero-order chi connectivity index (χ0) is 19.6. The van der Waals surface area contributed by atoms with E-state index >= 15 is 0 Å². The van der Waals surface area contributed by atoms with E-state index in [1.54, 1.807) is 30.3 Å². The number of nitrogens with two attached hydrogens (primary N) is 2. The van der Waals surface area contributed by atoms with Crippen molar-refractivity contribution >= 4 is 28.2 Å². The monoisotopic (exact) mass is 370 g/mol. The topological polar surface area (TPSA) is 134 Å². The fourth-order valence-corrected chi connectivity index (χ4v) is 2.77. The molecule has 27 heavy (non-hydrogen) atoms. The summed E-state index contributed by atoms with van der Waals surface area (Å²) in [5.74, 6) is -1.46. The van der Waals surface area contributed by atoms with Gasteiger partial charge in [-0.1, -0.05) is 12.1 Å². The number of nitrogen functional groups attached to an aromatic ring is 1. The summed E-state index contributed by atoms with van der Waals surface area (Å²) in [4.78, 5) is 16.3. The molecular formula is C19H19FN4O3. The van der Waals surface area contributed by atoms with Gasteiger partial charge < -0.3 is 27.0 Å². The van der Waals surface area contributed by atoms with E-state index in [1.807, 2.05) is 0 Å².